The van der Waals surface area contributed by atoms with Crippen LogP contribution < -0.4 is 0 Å². The van der Waals surface area contributed by atoms with E-state index in [9.17, 15) is 5.11 Å². The highest BCUT2D eigenvalue weighted by atomic mass is 35.5. The van der Waals surface area contributed by atoms with Crippen LogP contribution in [0, 0.1) is 0 Å². The summed E-state index contributed by atoms with van der Waals surface area (Å²) in [5.74, 6) is -0.0409. The lowest BCUT2D eigenvalue weighted by Crippen LogP contribution is -2.29. The van der Waals surface area contributed by atoms with Gasteiger partial charge < -0.3 is 19.6 Å². The summed E-state index contributed by atoms with van der Waals surface area (Å²) in [6.45, 7) is 0.237. The zero-order chi connectivity index (χ0) is 16.3. The molecule has 0 amide bonds. The molecular formula is C16H18Cl2N2O3. The Morgan fingerprint density at radius 3 is 2.91 bits per heavy atom. The van der Waals surface area contributed by atoms with Crippen LogP contribution in [0.4, 0.5) is 0 Å². The molecule has 0 radical (unpaired) electrons. The fraction of sp³-hybridized carbons (Fsp3) is 0.438. The second-order valence-electron chi connectivity index (χ2n) is 5.50. The van der Waals surface area contributed by atoms with Crippen LogP contribution in [0.1, 0.15) is 24.2 Å². The Morgan fingerprint density at radius 2 is 2.26 bits per heavy atom. The summed E-state index contributed by atoms with van der Waals surface area (Å²) in [6, 6.07) is 5.25. The van der Waals surface area contributed by atoms with Gasteiger partial charge in [-0.15, -0.1) is 0 Å². The van der Waals surface area contributed by atoms with Gasteiger partial charge in [0.1, 0.15) is 11.9 Å². The van der Waals surface area contributed by atoms with Crippen LogP contribution in [0.5, 0.6) is 0 Å². The maximum Gasteiger partial charge on any atom is 0.196 e. The third kappa shape index (κ3) is 3.70. The number of ether oxygens (including phenoxy) is 2. The first kappa shape index (κ1) is 16.7. The molecule has 1 saturated heterocycles. The average molecular weight is 357 g/mol. The fourth-order valence-corrected chi connectivity index (χ4v) is 3.34. The van der Waals surface area contributed by atoms with Gasteiger partial charge in [-0.1, -0.05) is 29.3 Å². The molecule has 2 atom stereocenters. The molecule has 1 aliphatic rings. The van der Waals surface area contributed by atoms with E-state index >= 15 is 0 Å². The number of imidazole rings is 1. The Hall–Kier alpha value is -1.11. The van der Waals surface area contributed by atoms with Gasteiger partial charge in [0, 0.05) is 35.8 Å². The first-order valence-corrected chi connectivity index (χ1v) is 8.25. The predicted octanol–water partition coefficient (Wildman–Crippen LogP) is 3.30. The maximum absolute atomic E-state index is 9.36. The minimum absolute atomic E-state index is 0.0921. The quantitative estimate of drug-likeness (QED) is 0.833. The van der Waals surface area contributed by atoms with Crippen molar-refractivity contribution >= 4 is 23.2 Å². The van der Waals surface area contributed by atoms with Gasteiger partial charge in [-0.2, -0.15) is 0 Å². The molecule has 2 aromatic rings. The smallest absolute Gasteiger partial charge is 0.196 e. The van der Waals surface area contributed by atoms with Gasteiger partial charge in [0.2, 0.25) is 0 Å². The molecule has 1 fully saturated rings. The van der Waals surface area contributed by atoms with Crippen molar-refractivity contribution in [2.45, 2.75) is 31.2 Å². The van der Waals surface area contributed by atoms with Crippen molar-refractivity contribution in [3.05, 3.63) is 52.0 Å². The molecule has 2 unspecified atom stereocenters. The first-order valence-electron chi connectivity index (χ1n) is 7.49. The topological polar surface area (TPSA) is 67.4 Å². The molecule has 0 aliphatic carbocycles. The first-order chi connectivity index (χ1) is 11.1. The van der Waals surface area contributed by atoms with Crippen molar-refractivity contribution in [3.8, 4) is 0 Å². The number of aromatic nitrogens is 2. The van der Waals surface area contributed by atoms with Crippen LogP contribution in [0.15, 0.2) is 30.6 Å². The number of aliphatic hydroxyl groups excluding tert-OH is 1. The Bertz CT molecular complexity index is 651. The van der Waals surface area contributed by atoms with Crippen molar-refractivity contribution in [1.82, 2.24) is 9.97 Å². The number of aliphatic hydroxyl groups is 1. The number of benzene rings is 1. The van der Waals surface area contributed by atoms with E-state index < -0.39 is 5.79 Å². The lowest BCUT2D eigenvalue weighted by atomic mass is 9.99. The van der Waals surface area contributed by atoms with E-state index in [1.807, 2.05) is 6.07 Å². The second kappa shape index (κ2) is 7.20. The summed E-state index contributed by atoms with van der Waals surface area (Å²) >= 11 is 12.3. The molecule has 0 bridgehead atoms. The lowest BCUT2D eigenvalue weighted by Gasteiger charge is -2.29. The average Bonchev–Trinajstić information content (AvgIpc) is 3.17. The Kier molecular flexibility index (Phi) is 5.24. The van der Waals surface area contributed by atoms with E-state index in [0.29, 0.717) is 23.1 Å². The molecule has 3 rings (SSSR count). The molecule has 1 aliphatic heterocycles. The van der Waals surface area contributed by atoms with Crippen LogP contribution in [-0.4, -0.2) is 34.4 Å². The van der Waals surface area contributed by atoms with Crippen LogP contribution in [-0.2, 0) is 21.7 Å². The summed E-state index contributed by atoms with van der Waals surface area (Å²) in [6.07, 6.45) is 5.34. The van der Waals surface area contributed by atoms with Gasteiger partial charge in [0.15, 0.2) is 5.79 Å². The molecule has 7 heteroatoms. The molecule has 23 heavy (non-hydrogen) atoms. The van der Waals surface area contributed by atoms with Crippen molar-refractivity contribution in [3.63, 3.8) is 0 Å². The lowest BCUT2D eigenvalue weighted by molar-refractivity contribution is -0.185. The van der Waals surface area contributed by atoms with E-state index in [0.717, 1.165) is 24.2 Å². The number of rotatable bonds is 6. The summed E-state index contributed by atoms with van der Waals surface area (Å²) in [5, 5.41) is 10.4. The molecule has 1 aromatic heterocycles. The summed E-state index contributed by atoms with van der Waals surface area (Å²) in [7, 11) is 0. The molecule has 2 N–H and O–H groups in total. The van der Waals surface area contributed by atoms with Gasteiger partial charge in [0.25, 0.3) is 0 Å². The van der Waals surface area contributed by atoms with E-state index in [2.05, 4.69) is 9.97 Å². The van der Waals surface area contributed by atoms with Gasteiger partial charge >= 0.3 is 0 Å². The van der Waals surface area contributed by atoms with Gasteiger partial charge in [-0.05, 0) is 18.6 Å². The monoisotopic (exact) mass is 356 g/mol. The number of aryl methyl sites for hydroxylation is 1. The van der Waals surface area contributed by atoms with E-state index in [-0.39, 0.29) is 12.7 Å². The molecule has 5 nitrogen and oxygen atoms in total. The Balaban J connectivity index is 1.79. The number of H-pyrrole nitrogens is 1. The highest BCUT2D eigenvalue weighted by Gasteiger charge is 2.43. The molecule has 0 saturated carbocycles. The third-order valence-corrected chi connectivity index (χ3v) is 4.43. The highest BCUT2D eigenvalue weighted by molar-refractivity contribution is 6.35. The molecule has 0 spiro atoms. The number of halogens is 2. The van der Waals surface area contributed by atoms with E-state index in [1.165, 1.54) is 0 Å². The molecular weight excluding hydrogens is 339 g/mol. The second-order valence-corrected chi connectivity index (χ2v) is 6.34. The maximum atomic E-state index is 9.36. The standard InChI is InChI=1S/C16H18Cl2N2O3/c17-11-3-4-13(14(18)8-11)16(22-10-12(9-21)23-16)5-1-2-15-19-6-7-20-15/h3-4,6-8,12,21H,1-2,5,9-10H2,(H,19,20). The molecule has 2 heterocycles. The van der Waals surface area contributed by atoms with Crippen molar-refractivity contribution in [1.29, 1.82) is 0 Å². The largest absolute Gasteiger partial charge is 0.394 e. The van der Waals surface area contributed by atoms with E-state index in [1.54, 1.807) is 24.5 Å². The van der Waals surface area contributed by atoms with Crippen LogP contribution >= 0.6 is 23.2 Å². The van der Waals surface area contributed by atoms with Crippen LogP contribution in [0.3, 0.4) is 0 Å². The number of nitrogens with one attached hydrogen (secondary N) is 1. The fourth-order valence-electron chi connectivity index (χ4n) is 2.78. The minimum atomic E-state index is -0.957. The number of aromatic amines is 1. The SMILES string of the molecule is OCC1COC(CCCc2ncc[nH]2)(c2ccc(Cl)cc2Cl)O1. The minimum Gasteiger partial charge on any atom is -0.394 e. The van der Waals surface area contributed by atoms with Crippen molar-refractivity contribution in [2.75, 3.05) is 13.2 Å². The van der Waals surface area contributed by atoms with Crippen molar-refractivity contribution < 1.29 is 14.6 Å². The van der Waals surface area contributed by atoms with Crippen LogP contribution in [0.25, 0.3) is 0 Å². The van der Waals surface area contributed by atoms with Crippen molar-refractivity contribution in [2.24, 2.45) is 0 Å². The summed E-state index contributed by atoms with van der Waals surface area (Å²) in [4.78, 5) is 7.29. The number of hydrogen-bond acceptors (Lipinski definition) is 4. The highest BCUT2D eigenvalue weighted by Crippen LogP contribution is 2.42. The predicted molar refractivity (Wildman–Crippen MR) is 87.6 cm³/mol. The molecule has 1 aromatic carbocycles. The molecule has 124 valence electrons. The zero-order valence-electron chi connectivity index (χ0n) is 12.5. The van der Waals surface area contributed by atoms with Gasteiger partial charge in [-0.3, -0.25) is 0 Å². The summed E-state index contributed by atoms with van der Waals surface area (Å²) in [5.41, 5.74) is 0.735. The Morgan fingerprint density at radius 1 is 1.39 bits per heavy atom. The third-order valence-electron chi connectivity index (χ3n) is 3.88. The number of nitrogens with zero attached hydrogens (tertiary/aromatic N) is 1. The summed E-state index contributed by atoms with van der Waals surface area (Å²) < 4.78 is 11.9. The van der Waals surface area contributed by atoms with Gasteiger partial charge in [0.05, 0.1) is 18.2 Å². The number of hydrogen-bond donors (Lipinski definition) is 2. The van der Waals surface area contributed by atoms with E-state index in [4.69, 9.17) is 32.7 Å². The normalized spacial score (nSPS) is 24.2. The zero-order valence-corrected chi connectivity index (χ0v) is 14.0. The van der Waals surface area contributed by atoms with Crippen LogP contribution in [0.2, 0.25) is 10.0 Å². The Labute approximate surface area is 144 Å². The van der Waals surface area contributed by atoms with Gasteiger partial charge in [-0.25, -0.2) is 4.98 Å².